The summed E-state index contributed by atoms with van der Waals surface area (Å²) in [7, 11) is 0. The molecular weight excluding hydrogens is 259 g/mol. The SMILES string of the molecule is C/C(CCC(C)(C)C)=C(Cl)\C=C(/C)Br. The maximum atomic E-state index is 6.13. The van der Waals surface area contributed by atoms with Crippen molar-refractivity contribution in [3.05, 3.63) is 21.2 Å². The van der Waals surface area contributed by atoms with Gasteiger partial charge in [0.1, 0.15) is 0 Å². The first-order valence-electron chi connectivity index (χ1n) is 4.91. The fourth-order valence-corrected chi connectivity index (χ4v) is 1.60. The zero-order valence-corrected chi connectivity index (χ0v) is 12.1. The van der Waals surface area contributed by atoms with Gasteiger partial charge in [-0.25, -0.2) is 0 Å². The van der Waals surface area contributed by atoms with Gasteiger partial charge in [0.05, 0.1) is 0 Å². The van der Waals surface area contributed by atoms with Crippen LogP contribution in [0.3, 0.4) is 0 Å². The van der Waals surface area contributed by atoms with E-state index in [1.807, 2.05) is 13.0 Å². The van der Waals surface area contributed by atoms with Crippen molar-refractivity contribution in [1.29, 1.82) is 0 Å². The Kier molecular flexibility index (Phi) is 6.08. The number of hydrogen-bond acceptors (Lipinski definition) is 0. The highest BCUT2D eigenvalue weighted by Crippen LogP contribution is 2.26. The van der Waals surface area contributed by atoms with Gasteiger partial charge in [0.2, 0.25) is 0 Å². The third-order valence-electron chi connectivity index (χ3n) is 1.98. The molecule has 14 heavy (non-hydrogen) atoms. The van der Waals surface area contributed by atoms with Crippen molar-refractivity contribution in [1.82, 2.24) is 0 Å². The molecule has 0 aromatic carbocycles. The molecule has 0 nitrogen and oxygen atoms in total. The molecule has 0 saturated carbocycles. The van der Waals surface area contributed by atoms with Crippen LogP contribution in [-0.2, 0) is 0 Å². The number of rotatable bonds is 3. The number of halogens is 2. The van der Waals surface area contributed by atoms with E-state index in [0.29, 0.717) is 5.41 Å². The molecule has 0 unspecified atom stereocenters. The summed E-state index contributed by atoms with van der Waals surface area (Å²) >= 11 is 9.50. The van der Waals surface area contributed by atoms with E-state index in [4.69, 9.17) is 11.6 Å². The molecule has 0 amide bonds. The second-order valence-electron chi connectivity index (χ2n) is 4.92. The quantitative estimate of drug-likeness (QED) is 0.588. The van der Waals surface area contributed by atoms with E-state index < -0.39 is 0 Å². The molecule has 0 saturated heterocycles. The largest absolute Gasteiger partial charge is 0.0844 e. The van der Waals surface area contributed by atoms with Gasteiger partial charge in [0, 0.05) is 5.03 Å². The van der Waals surface area contributed by atoms with Crippen molar-refractivity contribution in [3.8, 4) is 0 Å². The molecule has 0 atom stereocenters. The molecule has 0 spiro atoms. The van der Waals surface area contributed by atoms with Crippen LogP contribution in [0.5, 0.6) is 0 Å². The molecule has 0 bridgehead atoms. The van der Waals surface area contributed by atoms with Gasteiger partial charge in [-0.05, 0) is 42.7 Å². The Balaban J connectivity index is 4.32. The lowest BCUT2D eigenvalue weighted by molar-refractivity contribution is 0.377. The van der Waals surface area contributed by atoms with E-state index in [-0.39, 0.29) is 0 Å². The van der Waals surface area contributed by atoms with Crippen LogP contribution in [0.4, 0.5) is 0 Å². The van der Waals surface area contributed by atoms with Gasteiger partial charge in [-0.2, -0.15) is 0 Å². The second-order valence-corrected chi connectivity index (χ2v) is 6.58. The van der Waals surface area contributed by atoms with E-state index >= 15 is 0 Å². The van der Waals surface area contributed by atoms with Gasteiger partial charge in [0.15, 0.2) is 0 Å². The summed E-state index contributed by atoms with van der Waals surface area (Å²) in [5, 5.41) is 0.864. The minimum absolute atomic E-state index is 0.381. The molecule has 0 aliphatic rings. The minimum atomic E-state index is 0.381. The van der Waals surface area contributed by atoms with E-state index in [0.717, 1.165) is 15.9 Å². The van der Waals surface area contributed by atoms with Crippen molar-refractivity contribution in [3.63, 3.8) is 0 Å². The average molecular weight is 280 g/mol. The molecule has 0 aromatic rings. The highest BCUT2D eigenvalue weighted by molar-refractivity contribution is 9.11. The summed E-state index contributed by atoms with van der Waals surface area (Å²) in [6.07, 6.45) is 4.20. The van der Waals surface area contributed by atoms with Gasteiger partial charge in [-0.1, -0.05) is 53.9 Å². The first-order chi connectivity index (χ1) is 6.22. The smallest absolute Gasteiger partial charge is 0.0403 e. The van der Waals surface area contributed by atoms with Crippen LogP contribution in [0, 0.1) is 5.41 Å². The van der Waals surface area contributed by atoms with Gasteiger partial charge in [-0.15, -0.1) is 0 Å². The standard InChI is InChI=1S/C12H20BrCl/c1-9(6-7-12(3,4)5)11(14)8-10(2)13/h8H,6-7H2,1-5H3/b10-8+,11-9-. The lowest BCUT2D eigenvalue weighted by Crippen LogP contribution is -2.04. The summed E-state index contributed by atoms with van der Waals surface area (Å²) in [5.41, 5.74) is 1.64. The molecular formula is C12H20BrCl. The molecule has 0 aliphatic carbocycles. The van der Waals surface area contributed by atoms with Crippen LogP contribution in [-0.4, -0.2) is 0 Å². The topological polar surface area (TPSA) is 0 Å². The average Bonchev–Trinajstić information content (AvgIpc) is 1.97. The van der Waals surface area contributed by atoms with Crippen LogP contribution in [0.15, 0.2) is 21.2 Å². The molecule has 0 aliphatic heterocycles. The third kappa shape index (κ3) is 7.64. The van der Waals surface area contributed by atoms with Crippen molar-refractivity contribution in [2.45, 2.75) is 47.5 Å². The van der Waals surface area contributed by atoms with Crippen LogP contribution in [0.1, 0.15) is 47.5 Å². The third-order valence-corrected chi connectivity index (χ3v) is 2.64. The number of hydrogen-bond donors (Lipinski definition) is 0. The zero-order valence-electron chi connectivity index (χ0n) is 9.75. The highest BCUT2D eigenvalue weighted by Gasteiger charge is 2.10. The monoisotopic (exact) mass is 278 g/mol. The normalized spacial score (nSPS) is 15.5. The molecule has 0 heterocycles. The Labute approximate surface area is 102 Å². The fraction of sp³-hybridized carbons (Fsp3) is 0.667. The summed E-state index contributed by atoms with van der Waals surface area (Å²) in [6, 6.07) is 0. The predicted molar refractivity (Wildman–Crippen MR) is 69.9 cm³/mol. The van der Waals surface area contributed by atoms with Crippen LogP contribution < -0.4 is 0 Å². The van der Waals surface area contributed by atoms with Crippen molar-refractivity contribution in [2.24, 2.45) is 5.41 Å². The van der Waals surface area contributed by atoms with Crippen molar-refractivity contribution >= 4 is 27.5 Å². The van der Waals surface area contributed by atoms with Crippen molar-refractivity contribution < 1.29 is 0 Å². The Bertz CT molecular complexity index is 240. The molecule has 0 aromatic heterocycles. The lowest BCUT2D eigenvalue weighted by atomic mass is 9.89. The van der Waals surface area contributed by atoms with Gasteiger partial charge < -0.3 is 0 Å². The van der Waals surface area contributed by atoms with E-state index in [2.05, 4.69) is 43.6 Å². The molecule has 2 heteroatoms. The lowest BCUT2D eigenvalue weighted by Gasteiger charge is -2.18. The van der Waals surface area contributed by atoms with E-state index in [1.54, 1.807) is 0 Å². The van der Waals surface area contributed by atoms with E-state index in [9.17, 15) is 0 Å². The molecule has 82 valence electrons. The molecule has 0 N–H and O–H groups in total. The molecule has 0 radical (unpaired) electrons. The second kappa shape index (κ2) is 5.97. The Morgan fingerprint density at radius 2 is 1.79 bits per heavy atom. The molecule has 0 rings (SSSR count). The van der Waals surface area contributed by atoms with Gasteiger partial charge in [-0.3, -0.25) is 0 Å². The molecule has 0 fully saturated rings. The van der Waals surface area contributed by atoms with Gasteiger partial charge >= 0.3 is 0 Å². The first-order valence-corrected chi connectivity index (χ1v) is 6.08. The number of allylic oxidation sites excluding steroid dienone is 4. The van der Waals surface area contributed by atoms with Crippen LogP contribution in [0.2, 0.25) is 0 Å². The fourth-order valence-electron chi connectivity index (χ4n) is 0.980. The van der Waals surface area contributed by atoms with Crippen LogP contribution in [0.25, 0.3) is 0 Å². The highest BCUT2D eigenvalue weighted by atomic mass is 79.9. The zero-order chi connectivity index (χ0) is 11.4. The Hall–Kier alpha value is 0.250. The summed E-state index contributed by atoms with van der Waals surface area (Å²) in [5.74, 6) is 0. The van der Waals surface area contributed by atoms with Crippen molar-refractivity contribution in [2.75, 3.05) is 0 Å². The van der Waals surface area contributed by atoms with Crippen LogP contribution >= 0.6 is 27.5 Å². The summed E-state index contributed by atoms with van der Waals surface area (Å²) < 4.78 is 1.07. The summed E-state index contributed by atoms with van der Waals surface area (Å²) in [6.45, 7) is 10.8. The van der Waals surface area contributed by atoms with Gasteiger partial charge in [0.25, 0.3) is 0 Å². The first kappa shape index (κ1) is 14.2. The Morgan fingerprint density at radius 1 is 1.29 bits per heavy atom. The van der Waals surface area contributed by atoms with E-state index in [1.165, 1.54) is 12.0 Å². The summed E-state index contributed by atoms with van der Waals surface area (Å²) in [4.78, 5) is 0. The predicted octanol–water partition coefficient (Wildman–Crippen LogP) is 5.62. The maximum Gasteiger partial charge on any atom is 0.0403 e. The minimum Gasteiger partial charge on any atom is -0.0844 e. The Morgan fingerprint density at radius 3 is 2.14 bits per heavy atom. The maximum absolute atomic E-state index is 6.13.